The van der Waals surface area contributed by atoms with Crippen molar-refractivity contribution in [3.8, 4) is 0 Å². The maximum atomic E-state index is 12.0. The Balaban J connectivity index is 1.82. The van der Waals surface area contributed by atoms with Gasteiger partial charge in [0.05, 0.1) is 0 Å². The van der Waals surface area contributed by atoms with Gasteiger partial charge in [-0.25, -0.2) is 0 Å². The number of nitrogens with one attached hydrogen (secondary N) is 1. The Morgan fingerprint density at radius 3 is 3.00 bits per heavy atom. The first-order chi connectivity index (χ1) is 9.25. The Morgan fingerprint density at radius 1 is 1.37 bits per heavy atom. The van der Waals surface area contributed by atoms with Crippen molar-refractivity contribution in [2.45, 2.75) is 19.0 Å². The largest absolute Gasteiger partial charge is 0.315 e. The molecule has 0 saturated carbocycles. The van der Waals surface area contributed by atoms with Gasteiger partial charge >= 0.3 is 0 Å². The van der Waals surface area contributed by atoms with Crippen molar-refractivity contribution in [2.75, 3.05) is 11.9 Å². The molecule has 0 bridgehead atoms. The van der Waals surface area contributed by atoms with Gasteiger partial charge in [-0.3, -0.25) is 4.79 Å². The second-order valence-corrected chi connectivity index (χ2v) is 5.56. The van der Waals surface area contributed by atoms with E-state index in [4.69, 9.17) is 0 Å². The Labute approximate surface area is 116 Å². The van der Waals surface area contributed by atoms with Gasteiger partial charge in [0.15, 0.2) is 0 Å². The molecule has 1 aliphatic rings. The molecule has 1 N–H and O–H groups in total. The van der Waals surface area contributed by atoms with Gasteiger partial charge in [-0.1, -0.05) is 18.2 Å². The average Bonchev–Trinajstić information content (AvgIpc) is 2.95. The number of para-hydroxylation sites is 1. The van der Waals surface area contributed by atoms with Gasteiger partial charge in [-0.05, 0) is 34.0 Å². The number of hydrogen-bond donors (Lipinski definition) is 1. The highest BCUT2D eigenvalue weighted by Gasteiger charge is 2.28. The molecule has 1 amide bonds. The maximum Gasteiger partial charge on any atom is 0.228 e. The summed E-state index contributed by atoms with van der Waals surface area (Å²) >= 11 is 1.70. The molecular formula is C15H16N2OS. The van der Waals surface area contributed by atoms with E-state index >= 15 is 0 Å². The van der Waals surface area contributed by atoms with Crippen molar-refractivity contribution >= 4 is 22.9 Å². The van der Waals surface area contributed by atoms with Gasteiger partial charge < -0.3 is 10.2 Å². The molecule has 1 atom stereocenters. The van der Waals surface area contributed by atoms with E-state index in [0.717, 1.165) is 12.2 Å². The van der Waals surface area contributed by atoms with Crippen LogP contribution >= 0.6 is 11.3 Å². The molecule has 4 heteroatoms. The summed E-state index contributed by atoms with van der Waals surface area (Å²) < 4.78 is 0. The van der Waals surface area contributed by atoms with E-state index in [1.807, 2.05) is 25.2 Å². The van der Waals surface area contributed by atoms with Crippen molar-refractivity contribution in [2.24, 2.45) is 0 Å². The van der Waals surface area contributed by atoms with Gasteiger partial charge in [0, 0.05) is 31.7 Å². The summed E-state index contributed by atoms with van der Waals surface area (Å²) in [5.74, 6) is 0.168. The number of hydrogen-bond acceptors (Lipinski definition) is 3. The predicted molar refractivity (Wildman–Crippen MR) is 78.4 cm³/mol. The minimum absolute atomic E-state index is 0.111. The van der Waals surface area contributed by atoms with Crippen LogP contribution in [-0.2, 0) is 11.3 Å². The monoisotopic (exact) mass is 272 g/mol. The van der Waals surface area contributed by atoms with Crippen LogP contribution < -0.4 is 10.2 Å². The van der Waals surface area contributed by atoms with E-state index in [1.165, 1.54) is 11.1 Å². The molecule has 0 radical (unpaired) electrons. The summed E-state index contributed by atoms with van der Waals surface area (Å²) in [7, 11) is 1.84. The fourth-order valence-corrected chi connectivity index (χ4v) is 3.13. The third kappa shape index (κ3) is 2.41. The van der Waals surface area contributed by atoms with Crippen LogP contribution in [0.15, 0.2) is 41.1 Å². The Bertz CT molecular complexity index is 580. The molecule has 19 heavy (non-hydrogen) atoms. The smallest absolute Gasteiger partial charge is 0.228 e. The number of carbonyl (C=O) groups is 1. The molecule has 98 valence electrons. The summed E-state index contributed by atoms with van der Waals surface area (Å²) in [4.78, 5) is 13.8. The van der Waals surface area contributed by atoms with Gasteiger partial charge in [0.25, 0.3) is 0 Å². The zero-order valence-corrected chi connectivity index (χ0v) is 11.6. The molecule has 0 aliphatic carbocycles. The molecule has 2 heterocycles. The first kappa shape index (κ1) is 12.4. The lowest BCUT2D eigenvalue weighted by molar-refractivity contribution is -0.119. The third-order valence-corrected chi connectivity index (χ3v) is 4.29. The molecule has 1 aliphatic heterocycles. The summed E-state index contributed by atoms with van der Waals surface area (Å²) in [5.41, 5.74) is 3.50. The standard InChI is InChI=1S/C15H16N2OS/c1-17-14-5-3-2-4-12(14)13(8-15(17)18)16-9-11-6-7-19-10-11/h2-7,10,13,16H,8-9H2,1H3. The van der Waals surface area contributed by atoms with Crippen LogP contribution in [0.4, 0.5) is 5.69 Å². The van der Waals surface area contributed by atoms with Crippen LogP contribution in [-0.4, -0.2) is 13.0 Å². The fraction of sp³-hybridized carbons (Fsp3) is 0.267. The van der Waals surface area contributed by atoms with E-state index < -0.39 is 0 Å². The molecular weight excluding hydrogens is 256 g/mol. The van der Waals surface area contributed by atoms with E-state index in [2.05, 4.69) is 28.2 Å². The SMILES string of the molecule is CN1C(=O)CC(NCc2ccsc2)c2ccccc21. The highest BCUT2D eigenvalue weighted by Crippen LogP contribution is 2.33. The van der Waals surface area contributed by atoms with E-state index in [9.17, 15) is 4.79 Å². The van der Waals surface area contributed by atoms with Crippen molar-refractivity contribution < 1.29 is 4.79 Å². The molecule has 0 spiro atoms. The lowest BCUT2D eigenvalue weighted by Gasteiger charge is -2.32. The Morgan fingerprint density at radius 2 is 2.21 bits per heavy atom. The zero-order chi connectivity index (χ0) is 13.2. The quantitative estimate of drug-likeness (QED) is 0.931. The average molecular weight is 272 g/mol. The second-order valence-electron chi connectivity index (χ2n) is 4.78. The molecule has 3 rings (SSSR count). The Hall–Kier alpha value is -1.65. The minimum Gasteiger partial charge on any atom is -0.315 e. The summed E-state index contributed by atoms with van der Waals surface area (Å²) in [6.07, 6.45) is 0.525. The van der Waals surface area contributed by atoms with Gasteiger partial charge in [0.1, 0.15) is 0 Å². The molecule has 0 fully saturated rings. The van der Waals surface area contributed by atoms with E-state index in [1.54, 1.807) is 16.2 Å². The first-order valence-electron chi connectivity index (χ1n) is 6.35. The number of thiophene rings is 1. The fourth-order valence-electron chi connectivity index (χ4n) is 2.46. The van der Waals surface area contributed by atoms with E-state index in [0.29, 0.717) is 6.42 Å². The lowest BCUT2D eigenvalue weighted by Crippen LogP contribution is -2.37. The predicted octanol–water partition coefficient (Wildman–Crippen LogP) is 2.95. The van der Waals surface area contributed by atoms with Crippen LogP contribution in [0.25, 0.3) is 0 Å². The van der Waals surface area contributed by atoms with Crippen LogP contribution in [0.2, 0.25) is 0 Å². The zero-order valence-electron chi connectivity index (χ0n) is 10.8. The summed E-state index contributed by atoms with van der Waals surface area (Å²) in [6.45, 7) is 0.805. The lowest BCUT2D eigenvalue weighted by atomic mass is 9.96. The number of benzene rings is 1. The normalized spacial score (nSPS) is 18.5. The van der Waals surface area contributed by atoms with Crippen molar-refractivity contribution in [1.29, 1.82) is 0 Å². The first-order valence-corrected chi connectivity index (χ1v) is 7.30. The number of amides is 1. The minimum atomic E-state index is 0.111. The topological polar surface area (TPSA) is 32.3 Å². The molecule has 1 unspecified atom stereocenters. The van der Waals surface area contributed by atoms with Crippen LogP contribution in [0.5, 0.6) is 0 Å². The number of carbonyl (C=O) groups excluding carboxylic acids is 1. The highest BCUT2D eigenvalue weighted by atomic mass is 32.1. The van der Waals surface area contributed by atoms with Gasteiger partial charge in [0.2, 0.25) is 5.91 Å². The highest BCUT2D eigenvalue weighted by molar-refractivity contribution is 7.07. The van der Waals surface area contributed by atoms with Gasteiger partial charge in [-0.2, -0.15) is 11.3 Å². The summed E-state index contributed by atoms with van der Waals surface area (Å²) in [5, 5.41) is 7.70. The maximum absolute atomic E-state index is 12.0. The van der Waals surface area contributed by atoms with Crippen molar-refractivity contribution in [3.63, 3.8) is 0 Å². The molecule has 1 aromatic heterocycles. The van der Waals surface area contributed by atoms with Gasteiger partial charge in [-0.15, -0.1) is 0 Å². The van der Waals surface area contributed by atoms with Crippen LogP contribution in [0, 0.1) is 0 Å². The molecule has 1 aromatic carbocycles. The number of nitrogens with zero attached hydrogens (tertiary/aromatic N) is 1. The molecule has 0 saturated heterocycles. The molecule has 3 nitrogen and oxygen atoms in total. The summed E-state index contributed by atoms with van der Waals surface area (Å²) in [6, 6.07) is 10.3. The van der Waals surface area contributed by atoms with Crippen molar-refractivity contribution in [1.82, 2.24) is 5.32 Å². The Kier molecular flexibility index (Phi) is 3.36. The molecule has 2 aromatic rings. The number of fused-ring (bicyclic) bond motifs is 1. The van der Waals surface area contributed by atoms with Crippen LogP contribution in [0.1, 0.15) is 23.6 Å². The number of anilines is 1. The van der Waals surface area contributed by atoms with Crippen LogP contribution in [0.3, 0.4) is 0 Å². The van der Waals surface area contributed by atoms with Crippen molar-refractivity contribution in [3.05, 3.63) is 52.2 Å². The third-order valence-electron chi connectivity index (χ3n) is 3.56. The van der Waals surface area contributed by atoms with E-state index in [-0.39, 0.29) is 11.9 Å². The number of rotatable bonds is 3. The second kappa shape index (κ2) is 5.15.